The molecule has 1 aliphatic rings. The predicted octanol–water partition coefficient (Wildman–Crippen LogP) is 2.54. The Morgan fingerprint density at radius 2 is 2.00 bits per heavy atom. The van der Waals surface area contributed by atoms with E-state index < -0.39 is 10.0 Å². The highest BCUT2D eigenvalue weighted by Crippen LogP contribution is 2.32. The Hall–Kier alpha value is -1.07. The quantitative estimate of drug-likeness (QED) is 0.836. The second kappa shape index (κ2) is 5.92. The largest absolute Gasteiger partial charge is 0.387 e. The monoisotopic (exact) mass is 282 g/mol. The first kappa shape index (κ1) is 14.3. The maximum atomic E-state index is 12.8. The van der Waals surface area contributed by atoms with Crippen LogP contribution in [0.4, 0.5) is 5.69 Å². The van der Waals surface area contributed by atoms with E-state index in [-0.39, 0.29) is 0 Å². The number of anilines is 1. The van der Waals surface area contributed by atoms with Gasteiger partial charge in [0.05, 0.1) is 5.69 Å². The molecular formula is C14H22N2O2S. The molecule has 0 spiro atoms. The van der Waals surface area contributed by atoms with E-state index in [1.807, 2.05) is 13.0 Å². The Labute approximate surface area is 115 Å². The average Bonchev–Trinajstić information content (AvgIpc) is 3.22. The summed E-state index contributed by atoms with van der Waals surface area (Å²) < 4.78 is 27.1. The molecule has 2 rings (SSSR count). The fourth-order valence-corrected chi connectivity index (χ4v) is 3.99. The predicted molar refractivity (Wildman–Crippen MR) is 77.8 cm³/mol. The molecule has 0 bridgehead atoms. The van der Waals surface area contributed by atoms with E-state index in [0.717, 1.165) is 19.3 Å². The molecule has 0 aromatic heterocycles. The van der Waals surface area contributed by atoms with Crippen LogP contribution in [0.15, 0.2) is 29.2 Å². The summed E-state index contributed by atoms with van der Waals surface area (Å²) in [7, 11) is -1.64. The third-order valence-electron chi connectivity index (χ3n) is 3.41. The maximum absolute atomic E-state index is 12.8. The van der Waals surface area contributed by atoms with Crippen molar-refractivity contribution < 1.29 is 8.42 Å². The van der Waals surface area contributed by atoms with Crippen molar-refractivity contribution in [2.75, 3.05) is 25.5 Å². The number of rotatable bonds is 7. The molecule has 1 aromatic rings. The van der Waals surface area contributed by atoms with Crippen molar-refractivity contribution >= 4 is 15.7 Å². The Morgan fingerprint density at radius 3 is 2.58 bits per heavy atom. The highest BCUT2D eigenvalue weighted by Gasteiger charge is 2.32. The zero-order valence-electron chi connectivity index (χ0n) is 11.6. The number of benzene rings is 1. The summed E-state index contributed by atoms with van der Waals surface area (Å²) >= 11 is 0. The minimum absolute atomic E-state index is 0.381. The van der Waals surface area contributed by atoms with Crippen molar-refractivity contribution in [3.63, 3.8) is 0 Å². The highest BCUT2D eigenvalue weighted by atomic mass is 32.2. The van der Waals surface area contributed by atoms with Crippen molar-refractivity contribution in [3.05, 3.63) is 24.3 Å². The molecule has 1 saturated carbocycles. The van der Waals surface area contributed by atoms with Gasteiger partial charge in [-0.15, -0.1) is 0 Å². The van der Waals surface area contributed by atoms with Crippen LogP contribution in [0.1, 0.15) is 26.2 Å². The van der Waals surface area contributed by atoms with Crippen LogP contribution in [0.25, 0.3) is 0 Å². The average molecular weight is 282 g/mol. The molecule has 0 atom stereocenters. The lowest BCUT2D eigenvalue weighted by molar-refractivity contribution is 0.396. The Balaban J connectivity index is 2.31. The molecule has 0 amide bonds. The van der Waals surface area contributed by atoms with Gasteiger partial charge in [-0.25, -0.2) is 8.42 Å². The van der Waals surface area contributed by atoms with Gasteiger partial charge in [0.25, 0.3) is 0 Å². The van der Waals surface area contributed by atoms with E-state index in [1.165, 1.54) is 0 Å². The Kier molecular flexibility index (Phi) is 4.47. The molecule has 0 saturated heterocycles. The number of hydrogen-bond acceptors (Lipinski definition) is 3. The number of para-hydroxylation sites is 1. The molecule has 0 radical (unpaired) electrons. The van der Waals surface area contributed by atoms with Gasteiger partial charge in [0.15, 0.2) is 0 Å². The van der Waals surface area contributed by atoms with Crippen molar-refractivity contribution in [2.45, 2.75) is 31.1 Å². The SMILES string of the molecule is CCCN(CC1CC1)S(=O)(=O)c1ccccc1NC. The lowest BCUT2D eigenvalue weighted by Crippen LogP contribution is -2.34. The molecule has 4 nitrogen and oxygen atoms in total. The zero-order valence-corrected chi connectivity index (χ0v) is 12.4. The molecule has 19 heavy (non-hydrogen) atoms. The van der Waals surface area contributed by atoms with Crippen LogP contribution in [0, 0.1) is 5.92 Å². The lowest BCUT2D eigenvalue weighted by Gasteiger charge is -2.22. The molecule has 1 fully saturated rings. The molecule has 1 aliphatic carbocycles. The number of nitrogens with one attached hydrogen (secondary N) is 1. The number of sulfonamides is 1. The zero-order chi connectivity index (χ0) is 13.9. The molecule has 5 heteroatoms. The summed E-state index contributed by atoms with van der Waals surface area (Å²) in [6, 6.07) is 7.09. The Bertz CT molecular complexity index is 524. The molecule has 1 N–H and O–H groups in total. The van der Waals surface area contributed by atoms with Crippen LogP contribution in [0.3, 0.4) is 0 Å². The fraction of sp³-hybridized carbons (Fsp3) is 0.571. The smallest absolute Gasteiger partial charge is 0.245 e. The van der Waals surface area contributed by atoms with Gasteiger partial charge < -0.3 is 5.32 Å². The molecule has 0 heterocycles. The first-order valence-electron chi connectivity index (χ1n) is 6.86. The summed E-state index contributed by atoms with van der Waals surface area (Å²) in [5.74, 6) is 0.558. The maximum Gasteiger partial charge on any atom is 0.245 e. The van der Waals surface area contributed by atoms with Crippen LogP contribution in [0.5, 0.6) is 0 Å². The minimum Gasteiger partial charge on any atom is -0.387 e. The van der Waals surface area contributed by atoms with Crippen molar-refractivity contribution in [1.82, 2.24) is 4.31 Å². The van der Waals surface area contributed by atoms with Gasteiger partial charge in [-0.05, 0) is 37.3 Å². The van der Waals surface area contributed by atoms with Crippen LogP contribution < -0.4 is 5.32 Å². The topological polar surface area (TPSA) is 49.4 Å². The van der Waals surface area contributed by atoms with E-state index in [4.69, 9.17) is 0 Å². The number of hydrogen-bond donors (Lipinski definition) is 1. The van der Waals surface area contributed by atoms with Gasteiger partial charge in [-0.2, -0.15) is 4.31 Å². The number of nitrogens with zero attached hydrogens (tertiary/aromatic N) is 1. The lowest BCUT2D eigenvalue weighted by atomic mass is 10.3. The van der Waals surface area contributed by atoms with Crippen LogP contribution in [-0.4, -0.2) is 32.9 Å². The van der Waals surface area contributed by atoms with E-state index in [9.17, 15) is 8.42 Å². The van der Waals surface area contributed by atoms with E-state index >= 15 is 0 Å². The van der Waals surface area contributed by atoms with Gasteiger partial charge in [0.1, 0.15) is 4.90 Å². The van der Waals surface area contributed by atoms with Crippen LogP contribution >= 0.6 is 0 Å². The first-order chi connectivity index (χ1) is 9.09. The summed E-state index contributed by atoms with van der Waals surface area (Å²) in [5.41, 5.74) is 0.666. The molecule has 0 unspecified atom stereocenters. The molecule has 1 aromatic carbocycles. The summed E-state index contributed by atoms with van der Waals surface area (Å²) in [4.78, 5) is 0.381. The Morgan fingerprint density at radius 1 is 1.32 bits per heavy atom. The van der Waals surface area contributed by atoms with Crippen molar-refractivity contribution in [2.24, 2.45) is 5.92 Å². The fourth-order valence-electron chi connectivity index (χ4n) is 2.18. The summed E-state index contributed by atoms with van der Waals surface area (Å²) in [6.07, 6.45) is 3.15. The minimum atomic E-state index is -3.39. The molecule has 106 valence electrons. The summed E-state index contributed by atoms with van der Waals surface area (Å²) in [5, 5.41) is 2.96. The molecule has 0 aliphatic heterocycles. The third-order valence-corrected chi connectivity index (χ3v) is 5.33. The standard InChI is InChI=1S/C14H22N2O2S/c1-3-10-16(11-12-8-9-12)19(17,18)14-7-5-4-6-13(14)15-2/h4-7,12,15H,3,8-11H2,1-2H3. The van der Waals surface area contributed by atoms with Crippen molar-refractivity contribution in [1.29, 1.82) is 0 Å². The second-order valence-electron chi connectivity index (χ2n) is 5.05. The van der Waals surface area contributed by atoms with Gasteiger partial charge in [0, 0.05) is 20.1 Å². The molecular weight excluding hydrogens is 260 g/mol. The third kappa shape index (κ3) is 3.28. The second-order valence-corrected chi connectivity index (χ2v) is 6.96. The van der Waals surface area contributed by atoms with E-state index in [2.05, 4.69) is 5.32 Å². The summed E-state index contributed by atoms with van der Waals surface area (Å²) in [6.45, 7) is 3.27. The highest BCUT2D eigenvalue weighted by molar-refractivity contribution is 7.89. The van der Waals surface area contributed by atoms with Crippen LogP contribution in [0.2, 0.25) is 0 Å². The normalized spacial score (nSPS) is 15.7. The first-order valence-corrected chi connectivity index (χ1v) is 8.30. The van der Waals surface area contributed by atoms with Gasteiger partial charge in [0.2, 0.25) is 10.0 Å². The van der Waals surface area contributed by atoms with E-state index in [0.29, 0.717) is 29.6 Å². The van der Waals surface area contributed by atoms with Crippen LogP contribution in [-0.2, 0) is 10.0 Å². The van der Waals surface area contributed by atoms with Gasteiger partial charge in [-0.1, -0.05) is 19.1 Å². The van der Waals surface area contributed by atoms with E-state index in [1.54, 1.807) is 29.6 Å². The van der Waals surface area contributed by atoms with Crippen molar-refractivity contribution in [3.8, 4) is 0 Å². The van der Waals surface area contributed by atoms with Gasteiger partial charge in [-0.3, -0.25) is 0 Å². The van der Waals surface area contributed by atoms with Gasteiger partial charge >= 0.3 is 0 Å².